The van der Waals surface area contributed by atoms with E-state index in [1.54, 1.807) is 12.4 Å². The summed E-state index contributed by atoms with van der Waals surface area (Å²) in [5, 5.41) is 11.2. The lowest BCUT2D eigenvalue weighted by Gasteiger charge is -2.14. The average Bonchev–Trinajstić information content (AvgIpc) is 2.76. The standard InChI is InChI=1S/C10H15N3O3/c1-2-7(10-11-5-6-12-10)13-8(14)3-4-9(15)16/h5-7H,2-4H2,1H3,(H,11,12)(H,13,14)(H,15,16). The Hall–Kier alpha value is -1.85. The summed E-state index contributed by atoms with van der Waals surface area (Å²) in [5.74, 6) is -0.557. The predicted octanol–water partition coefficient (Wildman–Crippen LogP) is 0.842. The molecule has 1 aromatic heterocycles. The van der Waals surface area contributed by atoms with Crippen molar-refractivity contribution < 1.29 is 14.7 Å². The van der Waals surface area contributed by atoms with Crippen LogP contribution in [0.5, 0.6) is 0 Å². The lowest BCUT2D eigenvalue weighted by Crippen LogP contribution is -2.29. The van der Waals surface area contributed by atoms with Gasteiger partial charge in [-0.05, 0) is 6.42 Å². The van der Waals surface area contributed by atoms with Crippen molar-refractivity contribution in [2.45, 2.75) is 32.2 Å². The molecule has 0 fully saturated rings. The number of carboxylic acid groups (broad SMARTS) is 1. The number of amides is 1. The number of carbonyl (C=O) groups is 2. The number of H-pyrrole nitrogens is 1. The quantitative estimate of drug-likeness (QED) is 0.668. The second-order valence-corrected chi connectivity index (χ2v) is 3.40. The fraction of sp³-hybridized carbons (Fsp3) is 0.500. The van der Waals surface area contributed by atoms with E-state index in [-0.39, 0.29) is 24.8 Å². The van der Waals surface area contributed by atoms with Gasteiger partial charge in [0.1, 0.15) is 5.82 Å². The number of carbonyl (C=O) groups excluding carboxylic acids is 1. The van der Waals surface area contributed by atoms with E-state index in [2.05, 4.69) is 15.3 Å². The Bertz CT molecular complexity index is 348. The van der Waals surface area contributed by atoms with Crippen molar-refractivity contribution >= 4 is 11.9 Å². The van der Waals surface area contributed by atoms with E-state index >= 15 is 0 Å². The summed E-state index contributed by atoms with van der Waals surface area (Å²) in [6, 6.07) is -0.184. The first kappa shape index (κ1) is 12.2. The van der Waals surface area contributed by atoms with Crippen LogP contribution in [0.25, 0.3) is 0 Å². The maximum absolute atomic E-state index is 11.4. The van der Waals surface area contributed by atoms with Crippen LogP contribution < -0.4 is 5.32 Å². The molecule has 1 unspecified atom stereocenters. The molecular weight excluding hydrogens is 210 g/mol. The zero-order valence-corrected chi connectivity index (χ0v) is 9.06. The van der Waals surface area contributed by atoms with Crippen LogP contribution in [0.1, 0.15) is 38.1 Å². The van der Waals surface area contributed by atoms with Gasteiger partial charge < -0.3 is 15.4 Å². The van der Waals surface area contributed by atoms with E-state index in [1.165, 1.54) is 0 Å². The highest BCUT2D eigenvalue weighted by Crippen LogP contribution is 2.11. The van der Waals surface area contributed by atoms with Gasteiger partial charge in [-0.3, -0.25) is 9.59 Å². The van der Waals surface area contributed by atoms with Crippen molar-refractivity contribution in [2.75, 3.05) is 0 Å². The number of nitrogens with zero attached hydrogens (tertiary/aromatic N) is 1. The van der Waals surface area contributed by atoms with E-state index < -0.39 is 5.97 Å². The molecular formula is C10H15N3O3. The van der Waals surface area contributed by atoms with Gasteiger partial charge in [0, 0.05) is 18.8 Å². The van der Waals surface area contributed by atoms with Crippen LogP contribution in [0.4, 0.5) is 0 Å². The van der Waals surface area contributed by atoms with Crippen LogP contribution in [0.2, 0.25) is 0 Å². The summed E-state index contributed by atoms with van der Waals surface area (Å²) < 4.78 is 0. The molecule has 1 heterocycles. The maximum Gasteiger partial charge on any atom is 0.303 e. The van der Waals surface area contributed by atoms with Crippen molar-refractivity contribution in [1.29, 1.82) is 0 Å². The minimum absolute atomic E-state index is 0.00740. The van der Waals surface area contributed by atoms with Gasteiger partial charge in [0.05, 0.1) is 12.5 Å². The third-order valence-electron chi connectivity index (χ3n) is 2.16. The second-order valence-electron chi connectivity index (χ2n) is 3.40. The highest BCUT2D eigenvalue weighted by Gasteiger charge is 2.14. The number of rotatable bonds is 6. The first-order valence-corrected chi connectivity index (χ1v) is 5.14. The van der Waals surface area contributed by atoms with Gasteiger partial charge in [-0.15, -0.1) is 0 Å². The second kappa shape index (κ2) is 5.89. The van der Waals surface area contributed by atoms with Crippen molar-refractivity contribution in [1.82, 2.24) is 15.3 Å². The number of aliphatic carboxylic acids is 1. The van der Waals surface area contributed by atoms with E-state index in [0.29, 0.717) is 12.2 Å². The van der Waals surface area contributed by atoms with Gasteiger partial charge >= 0.3 is 5.97 Å². The fourth-order valence-electron chi connectivity index (χ4n) is 1.32. The van der Waals surface area contributed by atoms with Crippen LogP contribution in [0.3, 0.4) is 0 Å². The van der Waals surface area contributed by atoms with Gasteiger partial charge in [-0.2, -0.15) is 0 Å². The zero-order chi connectivity index (χ0) is 12.0. The topological polar surface area (TPSA) is 95.1 Å². The minimum Gasteiger partial charge on any atom is -0.481 e. The molecule has 1 rings (SSSR count). The molecule has 0 aliphatic rings. The van der Waals surface area contributed by atoms with Gasteiger partial charge in [0.2, 0.25) is 5.91 Å². The smallest absolute Gasteiger partial charge is 0.303 e. The number of imidazole rings is 1. The third-order valence-corrected chi connectivity index (χ3v) is 2.16. The zero-order valence-electron chi connectivity index (χ0n) is 9.06. The third kappa shape index (κ3) is 3.72. The van der Waals surface area contributed by atoms with Gasteiger partial charge in [-0.1, -0.05) is 6.92 Å². The lowest BCUT2D eigenvalue weighted by molar-refractivity contribution is -0.138. The van der Waals surface area contributed by atoms with Crippen LogP contribution in [0.15, 0.2) is 12.4 Å². The summed E-state index contributed by atoms with van der Waals surface area (Å²) >= 11 is 0. The van der Waals surface area contributed by atoms with Crippen LogP contribution in [-0.4, -0.2) is 27.0 Å². The average molecular weight is 225 g/mol. The number of nitrogens with one attached hydrogen (secondary N) is 2. The van der Waals surface area contributed by atoms with Crippen molar-refractivity contribution in [3.63, 3.8) is 0 Å². The summed E-state index contributed by atoms with van der Waals surface area (Å²) in [4.78, 5) is 28.7. The molecule has 0 aromatic carbocycles. The molecule has 0 radical (unpaired) electrons. The SMILES string of the molecule is CCC(NC(=O)CCC(=O)O)c1ncc[nH]1. The Morgan fingerprint density at radius 3 is 2.81 bits per heavy atom. The molecule has 0 saturated heterocycles. The van der Waals surface area contributed by atoms with Gasteiger partial charge in [-0.25, -0.2) is 4.98 Å². The molecule has 1 aromatic rings. The number of aromatic nitrogens is 2. The maximum atomic E-state index is 11.4. The molecule has 0 bridgehead atoms. The molecule has 1 amide bonds. The fourth-order valence-corrected chi connectivity index (χ4v) is 1.32. The highest BCUT2D eigenvalue weighted by molar-refractivity contribution is 5.80. The number of carboxylic acids is 1. The Labute approximate surface area is 93.1 Å². The van der Waals surface area contributed by atoms with E-state index in [4.69, 9.17) is 5.11 Å². The Morgan fingerprint density at radius 2 is 2.31 bits per heavy atom. The van der Waals surface area contributed by atoms with Crippen LogP contribution in [-0.2, 0) is 9.59 Å². The summed E-state index contributed by atoms with van der Waals surface area (Å²) in [7, 11) is 0. The Morgan fingerprint density at radius 1 is 1.56 bits per heavy atom. The van der Waals surface area contributed by atoms with E-state index in [1.807, 2.05) is 6.92 Å². The summed E-state index contributed by atoms with van der Waals surface area (Å²) in [6.07, 6.45) is 3.84. The molecule has 3 N–H and O–H groups in total. The number of hydrogen-bond acceptors (Lipinski definition) is 3. The Kier molecular flexibility index (Phi) is 4.50. The van der Waals surface area contributed by atoms with Crippen LogP contribution in [0, 0.1) is 0 Å². The van der Waals surface area contributed by atoms with Crippen molar-refractivity contribution in [3.8, 4) is 0 Å². The molecule has 88 valence electrons. The molecule has 1 atom stereocenters. The van der Waals surface area contributed by atoms with Gasteiger partial charge in [0.25, 0.3) is 0 Å². The largest absolute Gasteiger partial charge is 0.481 e. The summed E-state index contributed by atoms with van der Waals surface area (Å²) in [6.45, 7) is 1.92. The van der Waals surface area contributed by atoms with Crippen molar-refractivity contribution in [2.24, 2.45) is 0 Å². The molecule has 6 heteroatoms. The minimum atomic E-state index is -0.971. The molecule has 6 nitrogen and oxygen atoms in total. The normalized spacial score (nSPS) is 12.1. The predicted molar refractivity (Wildman–Crippen MR) is 56.6 cm³/mol. The van der Waals surface area contributed by atoms with E-state index in [0.717, 1.165) is 0 Å². The first-order valence-electron chi connectivity index (χ1n) is 5.14. The molecule has 0 saturated carbocycles. The van der Waals surface area contributed by atoms with Gasteiger partial charge in [0.15, 0.2) is 0 Å². The molecule has 16 heavy (non-hydrogen) atoms. The summed E-state index contributed by atoms with van der Waals surface area (Å²) in [5.41, 5.74) is 0. The van der Waals surface area contributed by atoms with E-state index in [9.17, 15) is 9.59 Å². The van der Waals surface area contributed by atoms with Crippen molar-refractivity contribution in [3.05, 3.63) is 18.2 Å². The molecule has 0 aliphatic heterocycles. The molecule has 0 spiro atoms. The number of hydrogen-bond donors (Lipinski definition) is 3. The molecule has 0 aliphatic carbocycles. The monoisotopic (exact) mass is 225 g/mol. The number of aromatic amines is 1. The Balaban J connectivity index is 2.45. The highest BCUT2D eigenvalue weighted by atomic mass is 16.4. The first-order chi connectivity index (χ1) is 7.63. The van der Waals surface area contributed by atoms with Crippen LogP contribution >= 0.6 is 0 Å². The lowest BCUT2D eigenvalue weighted by atomic mass is 10.2.